The molecule has 2 rings (SSSR count). The second kappa shape index (κ2) is 8.13. The summed E-state index contributed by atoms with van der Waals surface area (Å²) >= 11 is 0. The van der Waals surface area contributed by atoms with Crippen LogP contribution in [0.25, 0.3) is 0 Å². The Morgan fingerprint density at radius 3 is 2.59 bits per heavy atom. The SMILES string of the molecule is Cl.c1ccc(CNC2=NCCCCCC2)cc1. The summed E-state index contributed by atoms with van der Waals surface area (Å²) in [5.41, 5.74) is 1.33. The fourth-order valence-corrected chi connectivity index (χ4v) is 2.00. The number of halogens is 1. The number of rotatable bonds is 2. The molecule has 0 atom stereocenters. The summed E-state index contributed by atoms with van der Waals surface area (Å²) in [6, 6.07) is 10.5. The number of nitrogens with zero attached hydrogens (tertiary/aromatic N) is 1. The minimum atomic E-state index is 0. The van der Waals surface area contributed by atoms with Gasteiger partial charge in [0.25, 0.3) is 0 Å². The zero-order chi connectivity index (χ0) is 11.1. The zero-order valence-corrected chi connectivity index (χ0v) is 11.0. The lowest BCUT2D eigenvalue weighted by Gasteiger charge is -2.12. The van der Waals surface area contributed by atoms with Gasteiger partial charge < -0.3 is 5.32 Å². The first-order valence-corrected chi connectivity index (χ1v) is 6.26. The Labute approximate surface area is 110 Å². The smallest absolute Gasteiger partial charge is 0.0965 e. The first-order valence-electron chi connectivity index (χ1n) is 6.26. The van der Waals surface area contributed by atoms with Crippen LogP contribution in [-0.2, 0) is 6.54 Å². The van der Waals surface area contributed by atoms with Crippen LogP contribution in [0, 0.1) is 0 Å². The third-order valence-corrected chi connectivity index (χ3v) is 2.96. The lowest BCUT2D eigenvalue weighted by Crippen LogP contribution is -2.24. The van der Waals surface area contributed by atoms with E-state index in [-0.39, 0.29) is 12.4 Å². The van der Waals surface area contributed by atoms with Gasteiger partial charge in [0.05, 0.1) is 5.84 Å². The third-order valence-electron chi connectivity index (χ3n) is 2.96. The van der Waals surface area contributed by atoms with Gasteiger partial charge in [-0.2, -0.15) is 0 Å². The Kier molecular flexibility index (Phi) is 6.71. The van der Waals surface area contributed by atoms with E-state index in [0.29, 0.717) is 0 Å². The van der Waals surface area contributed by atoms with Gasteiger partial charge in [0.2, 0.25) is 0 Å². The minimum Gasteiger partial charge on any atom is -0.370 e. The largest absolute Gasteiger partial charge is 0.370 e. The molecule has 1 aromatic rings. The van der Waals surface area contributed by atoms with E-state index in [0.717, 1.165) is 19.5 Å². The Morgan fingerprint density at radius 2 is 1.76 bits per heavy atom. The summed E-state index contributed by atoms with van der Waals surface area (Å²) < 4.78 is 0. The Bertz CT molecular complexity index is 335. The summed E-state index contributed by atoms with van der Waals surface area (Å²) in [6.07, 6.45) is 6.34. The van der Waals surface area contributed by atoms with Crippen molar-refractivity contribution in [2.75, 3.05) is 6.54 Å². The molecule has 0 fully saturated rings. The number of hydrogen-bond acceptors (Lipinski definition) is 2. The molecule has 0 unspecified atom stereocenters. The number of benzene rings is 1. The van der Waals surface area contributed by atoms with Crippen LogP contribution in [0.3, 0.4) is 0 Å². The van der Waals surface area contributed by atoms with Crippen molar-refractivity contribution in [2.24, 2.45) is 4.99 Å². The van der Waals surface area contributed by atoms with Crippen molar-refractivity contribution in [2.45, 2.75) is 38.6 Å². The molecule has 1 heterocycles. The molecule has 1 aliphatic rings. The Hall–Kier alpha value is -1.02. The van der Waals surface area contributed by atoms with Crippen molar-refractivity contribution in [1.82, 2.24) is 5.32 Å². The fourth-order valence-electron chi connectivity index (χ4n) is 2.00. The van der Waals surface area contributed by atoms with E-state index in [1.165, 1.54) is 37.1 Å². The molecule has 17 heavy (non-hydrogen) atoms. The van der Waals surface area contributed by atoms with Crippen LogP contribution < -0.4 is 5.32 Å². The van der Waals surface area contributed by atoms with E-state index in [4.69, 9.17) is 0 Å². The Morgan fingerprint density at radius 1 is 1.00 bits per heavy atom. The lowest BCUT2D eigenvalue weighted by atomic mass is 10.1. The van der Waals surface area contributed by atoms with Crippen LogP contribution in [0.5, 0.6) is 0 Å². The van der Waals surface area contributed by atoms with Crippen molar-refractivity contribution in [3.63, 3.8) is 0 Å². The van der Waals surface area contributed by atoms with E-state index >= 15 is 0 Å². The van der Waals surface area contributed by atoms with E-state index in [1.54, 1.807) is 0 Å². The van der Waals surface area contributed by atoms with Gasteiger partial charge in [0, 0.05) is 19.5 Å². The first-order chi connectivity index (χ1) is 7.95. The molecule has 94 valence electrons. The molecule has 0 bridgehead atoms. The van der Waals surface area contributed by atoms with Crippen LogP contribution >= 0.6 is 12.4 Å². The normalized spacial score (nSPS) is 16.1. The second-order valence-corrected chi connectivity index (χ2v) is 4.33. The van der Waals surface area contributed by atoms with Crippen molar-refractivity contribution < 1.29 is 0 Å². The highest BCUT2D eigenvalue weighted by molar-refractivity contribution is 5.85. The van der Waals surface area contributed by atoms with Gasteiger partial charge in [0.1, 0.15) is 0 Å². The molecule has 0 amide bonds. The zero-order valence-electron chi connectivity index (χ0n) is 10.2. The summed E-state index contributed by atoms with van der Waals surface area (Å²) in [7, 11) is 0. The van der Waals surface area contributed by atoms with Gasteiger partial charge >= 0.3 is 0 Å². The maximum atomic E-state index is 4.60. The van der Waals surface area contributed by atoms with Crippen molar-refractivity contribution >= 4 is 18.2 Å². The predicted octanol–water partition coefficient (Wildman–Crippen LogP) is 3.56. The fraction of sp³-hybridized carbons (Fsp3) is 0.500. The average Bonchev–Trinajstić information content (AvgIpc) is 2.29. The van der Waals surface area contributed by atoms with E-state index in [1.807, 2.05) is 0 Å². The molecule has 0 radical (unpaired) electrons. The highest BCUT2D eigenvalue weighted by Crippen LogP contribution is 2.08. The number of aliphatic imine (C=N–C) groups is 1. The Balaban J connectivity index is 0.00000144. The van der Waals surface area contributed by atoms with Crippen LogP contribution in [-0.4, -0.2) is 12.4 Å². The van der Waals surface area contributed by atoms with Crippen molar-refractivity contribution in [3.8, 4) is 0 Å². The molecule has 2 nitrogen and oxygen atoms in total. The summed E-state index contributed by atoms with van der Waals surface area (Å²) in [5.74, 6) is 1.20. The molecule has 1 N–H and O–H groups in total. The summed E-state index contributed by atoms with van der Waals surface area (Å²) in [6.45, 7) is 1.90. The standard InChI is InChI=1S/C14H20N2.ClH/c1-2-7-11-15-14(10-6-1)16-12-13-8-4-3-5-9-13;/h3-5,8-9H,1-2,6-7,10-12H2,(H,15,16);1H. The molecule has 0 aliphatic carbocycles. The van der Waals surface area contributed by atoms with Gasteiger partial charge in [-0.25, -0.2) is 0 Å². The van der Waals surface area contributed by atoms with Gasteiger partial charge in [-0.15, -0.1) is 12.4 Å². The van der Waals surface area contributed by atoms with Crippen molar-refractivity contribution in [1.29, 1.82) is 0 Å². The van der Waals surface area contributed by atoms with E-state index in [9.17, 15) is 0 Å². The highest BCUT2D eigenvalue weighted by Gasteiger charge is 2.02. The molecular formula is C14H21ClN2. The van der Waals surface area contributed by atoms with E-state index < -0.39 is 0 Å². The molecule has 0 saturated heterocycles. The summed E-state index contributed by atoms with van der Waals surface area (Å²) in [5, 5.41) is 3.46. The second-order valence-electron chi connectivity index (χ2n) is 4.33. The van der Waals surface area contributed by atoms with Crippen LogP contribution in [0.15, 0.2) is 35.3 Å². The molecular weight excluding hydrogens is 232 g/mol. The van der Waals surface area contributed by atoms with Gasteiger partial charge in [-0.3, -0.25) is 4.99 Å². The average molecular weight is 253 g/mol. The summed E-state index contributed by atoms with van der Waals surface area (Å²) in [4.78, 5) is 4.60. The third kappa shape index (κ3) is 5.22. The number of hydrogen-bond donors (Lipinski definition) is 1. The molecule has 0 aromatic heterocycles. The van der Waals surface area contributed by atoms with Crippen LogP contribution in [0.2, 0.25) is 0 Å². The highest BCUT2D eigenvalue weighted by atomic mass is 35.5. The number of nitrogens with one attached hydrogen (secondary N) is 1. The lowest BCUT2D eigenvalue weighted by molar-refractivity contribution is 0.633. The molecule has 3 heteroatoms. The minimum absolute atomic E-state index is 0. The monoisotopic (exact) mass is 252 g/mol. The number of amidine groups is 1. The quantitative estimate of drug-likeness (QED) is 0.855. The topological polar surface area (TPSA) is 24.4 Å². The van der Waals surface area contributed by atoms with Gasteiger partial charge in [-0.1, -0.05) is 43.2 Å². The van der Waals surface area contributed by atoms with Gasteiger partial charge in [-0.05, 0) is 18.4 Å². The van der Waals surface area contributed by atoms with Crippen molar-refractivity contribution in [3.05, 3.63) is 35.9 Å². The molecule has 0 saturated carbocycles. The maximum absolute atomic E-state index is 4.60. The molecule has 0 spiro atoms. The van der Waals surface area contributed by atoms with Crippen LogP contribution in [0.1, 0.15) is 37.7 Å². The van der Waals surface area contributed by atoms with E-state index in [2.05, 4.69) is 40.6 Å². The van der Waals surface area contributed by atoms with Gasteiger partial charge in [0.15, 0.2) is 0 Å². The van der Waals surface area contributed by atoms with Crippen LogP contribution in [0.4, 0.5) is 0 Å². The maximum Gasteiger partial charge on any atom is 0.0965 e. The predicted molar refractivity (Wildman–Crippen MR) is 75.9 cm³/mol. The first kappa shape index (κ1) is 14.0. The molecule has 1 aliphatic heterocycles. The molecule has 1 aromatic carbocycles.